The Morgan fingerprint density at radius 2 is 1.89 bits per heavy atom. The Morgan fingerprint density at radius 3 is 2.54 bits per heavy atom. The molecule has 1 heterocycles. The Labute approximate surface area is 165 Å². The maximum Gasteiger partial charge on any atom is 0.198 e. The average Bonchev–Trinajstić information content (AvgIpc) is 3.40. The Morgan fingerprint density at radius 1 is 1.18 bits per heavy atom. The lowest BCUT2D eigenvalue weighted by Crippen LogP contribution is -2.10. The molecule has 1 aliphatic rings. The highest BCUT2D eigenvalue weighted by Gasteiger charge is 2.33. The van der Waals surface area contributed by atoms with Crippen molar-refractivity contribution < 1.29 is 17.9 Å². The van der Waals surface area contributed by atoms with E-state index in [1.807, 2.05) is 6.92 Å². The van der Waals surface area contributed by atoms with E-state index in [9.17, 15) is 13.4 Å². The predicted molar refractivity (Wildman–Crippen MR) is 105 cm³/mol. The Kier molecular flexibility index (Phi) is 4.98. The normalized spacial score (nSPS) is 14.8. The minimum Gasteiger partial charge on any atom is -0.360 e. The summed E-state index contributed by atoms with van der Waals surface area (Å²) >= 11 is 0. The molecule has 1 unspecified atom stereocenters. The largest absolute Gasteiger partial charge is 0.360 e. The maximum atomic E-state index is 13.3. The van der Waals surface area contributed by atoms with E-state index in [0.29, 0.717) is 28.2 Å². The number of ketones is 1. The first-order valence-electron chi connectivity index (χ1n) is 9.15. The molecule has 1 saturated carbocycles. The molecule has 0 aliphatic heterocycles. The summed E-state index contributed by atoms with van der Waals surface area (Å²) in [4.78, 5) is 14.0. The van der Waals surface area contributed by atoms with Gasteiger partial charge in [-0.05, 0) is 67.1 Å². The van der Waals surface area contributed by atoms with Crippen LogP contribution in [0.15, 0.2) is 52.0 Å². The van der Waals surface area contributed by atoms with Crippen LogP contribution in [0.4, 0.5) is 4.39 Å². The third-order valence-corrected chi connectivity index (χ3v) is 6.25. The van der Waals surface area contributed by atoms with Gasteiger partial charge in [-0.25, -0.2) is 4.39 Å². The molecule has 1 aromatic heterocycles. The summed E-state index contributed by atoms with van der Waals surface area (Å²) in [5.41, 5.74) is 3.53. The van der Waals surface area contributed by atoms with Crippen LogP contribution >= 0.6 is 0 Å². The molecule has 2 aromatic carbocycles. The summed E-state index contributed by atoms with van der Waals surface area (Å²) < 4.78 is 30.7. The molecule has 0 radical (unpaired) electrons. The number of nitrogens with zero attached hydrogens (tertiary/aromatic N) is 1. The lowest BCUT2D eigenvalue weighted by Gasteiger charge is -2.15. The highest BCUT2D eigenvalue weighted by atomic mass is 32.2. The number of hydrogen-bond acceptors (Lipinski definition) is 4. The number of halogens is 1. The average molecular weight is 397 g/mol. The zero-order valence-electron chi connectivity index (χ0n) is 15.7. The molecule has 1 fully saturated rings. The zero-order valence-corrected chi connectivity index (χ0v) is 16.5. The number of hydrogen-bond donors (Lipinski definition) is 0. The SMILES string of the molecule is Cc1c(S(C)=O)ccc(C(=O)c2cnoc2C2CC2)c1Cc1ccc(F)cc1. The molecule has 0 saturated heterocycles. The van der Waals surface area contributed by atoms with Crippen molar-refractivity contribution in [1.29, 1.82) is 0 Å². The van der Waals surface area contributed by atoms with Gasteiger partial charge in [0.15, 0.2) is 11.5 Å². The standard InChI is InChI=1S/C22H20FNO3S/c1-13-18(11-14-3-7-16(23)8-4-14)17(9-10-20(13)28(2)26)21(25)19-12-24-27-22(19)15-5-6-15/h3-4,7-10,12,15H,5-6,11H2,1-2H3. The molecule has 0 spiro atoms. The monoisotopic (exact) mass is 397 g/mol. The van der Waals surface area contributed by atoms with Crippen LogP contribution < -0.4 is 0 Å². The third-order valence-electron chi connectivity index (χ3n) is 5.19. The molecule has 144 valence electrons. The van der Waals surface area contributed by atoms with Crippen LogP contribution in [0.1, 0.15) is 57.1 Å². The lowest BCUT2D eigenvalue weighted by molar-refractivity contribution is 0.103. The fraction of sp³-hybridized carbons (Fsp3) is 0.273. The van der Waals surface area contributed by atoms with Crippen molar-refractivity contribution in [3.63, 3.8) is 0 Å². The van der Waals surface area contributed by atoms with E-state index in [4.69, 9.17) is 4.52 Å². The number of carbonyl (C=O) groups excluding carboxylic acids is 1. The van der Waals surface area contributed by atoms with Gasteiger partial charge in [0.05, 0.1) is 22.6 Å². The van der Waals surface area contributed by atoms with Crippen LogP contribution in [-0.4, -0.2) is 21.4 Å². The second kappa shape index (κ2) is 7.43. The van der Waals surface area contributed by atoms with Gasteiger partial charge in [-0.1, -0.05) is 17.3 Å². The molecule has 1 atom stereocenters. The summed E-state index contributed by atoms with van der Waals surface area (Å²) in [5, 5.41) is 3.84. The van der Waals surface area contributed by atoms with Crippen molar-refractivity contribution in [2.75, 3.05) is 6.26 Å². The molecule has 28 heavy (non-hydrogen) atoms. The van der Waals surface area contributed by atoms with E-state index in [-0.39, 0.29) is 17.5 Å². The predicted octanol–water partition coefficient (Wildman–Crippen LogP) is 4.56. The fourth-order valence-electron chi connectivity index (χ4n) is 3.50. The second-order valence-electron chi connectivity index (χ2n) is 7.18. The van der Waals surface area contributed by atoms with Crippen molar-refractivity contribution in [3.8, 4) is 0 Å². The minimum absolute atomic E-state index is 0.142. The molecule has 0 bridgehead atoms. The first-order chi connectivity index (χ1) is 13.5. The van der Waals surface area contributed by atoms with E-state index in [2.05, 4.69) is 5.16 Å². The van der Waals surface area contributed by atoms with E-state index >= 15 is 0 Å². The van der Waals surface area contributed by atoms with Crippen LogP contribution in [-0.2, 0) is 17.2 Å². The highest BCUT2D eigenvalue weighted by molar-refractivity contribution is 7.84. The molecule has 0 N–H and O–H groups in total. The van der Waals surface area contributed by atoms with Gasteiger partial charge in [-0.15, -0.1) is 0 Å². The summed E-state index contributed by atoms with van der Waals surface area (Å²) in [7, 11) is -1.17. The molecular formula is C22H20FNO3S. The number of benzene rings is 2. The number of carbonyl (C=O) groups is 1. The van der Waals surface area contributed by atoms with Gasteiger partial charge in [-0.2, -0.15) is 0 Å². The number of aromatic nitrogens is 1. The first-order valence-corrected chi connectivity index (χ1v) is 10.7. The van der Waals surface area contributed by atoms with Crippen LogP contribution in [0, 0.1) is 12.7 Å². The Balaban J connectivity index is 1.80. The summed E-state index contributed by atoms with van der Waals surface area (Å²) in [6, 6.07) is 9.69. The molecule has 3 aromatic rings. The Bertz CT molecular complexity index is 1070. The second-order valence-corrected chi connectivity index (χ2v) is 8.53. The van der Waals surface area contributed by atoms with Crippen molar-refractivity contribution in [1.82, 2.24) is 5.16 Å². The van der Waals surface area contributed by atoms with Crippen LogP contribution in [0.25, 0.3) is 0 Å². The van der Waals surface area contributed by atoms with Crippen molar-refractivity contribution in [3.05, 3.63) is 82.0 Å². The van der Waals surface area contributed by atoms with Gasteiger partial charge < -0.3 is 4.52 Å². The molecule has 0 amide bonds. The van der Waals surface area contributed by atoms with Crippen LogP contribution in [0.5, 0.6) is 0 Å². The molecule has 1 aliphatic carbocycles. The smallest absolute Gasteiger partial charge is 0.198 e. The van der Waals surface area contributed by atoms with E-state index < -0.39 is 10.8 Å². The van der Waals surface area contributed by atoms with Gasteiger partial charge in [0, 0.05) is 22.6 Å². The first kappa shape index (κ1) is 18.7. The molecule has 6 heteroatoms. The van der Waals surface area contributed by atoms with Crippen LogP contribution in [0.2, 0.25) is 0 Å². The van der Waals surface area contributed by atoms with E-state index in [0.717, 1.165) is 29.5 Å². The third kappa shape index (κ3) is 3.56. The Hall–Kier alpha value is -2.60. The fourth-order valence-corrected chi connectivity index (χ4v) is 4.31. The highest BCUT2D eigenvalue weighted by Crippen LogP contribution is 2.42. The van der Waals surface area contributed by atoms with E-state index in [1.165, 1.54) is 18.3 Å². The number of rotatable bonds is 6. The van der Waals surface area contributed by atoms with Gasteiger partial charge in [-0.3, -0.25) is 9.00 Å². The van der Waals surface area contributed by atoms with Gasteiger partial charge in [0.25, 0.3) is 0 Å². The van der Waals surface area contributed by atoms with Crippen molar-refractivity contribution in [2.24, 2.45) is 0 Å². The minimum atomic E-state index is -1.17. The molecular weight excluding hydrogens is 377 g/mol. The summed E-state index contributed by atoms with van der Waals surface area (Å²) in [6.07, 6.45) is 5.56. The van der Waals surface area contributed by atoms with Crippen molar-refractivity contribution >= 4 is 16.6 Å². The van der Waals surface area contributed by atoms with Gasteiger partial charge in [0.1, 0.15) is 5.82 Å². The summed E-state index contributed by atoms with van der Waals surface area (Å²) in [5.74, 6) is 0.472. The van der Waals surface area contributed by atoms with Crippen LogP contribution in [0.3, 0.4) is 0 Å². The zero-order chi connectivity index (χ0) is 19.8. The van der Waals surface area contributed by atoms with Gasteiger partial charge >= 0.3 is 0 Å². The van der Waals surface area contributed by atoms with Gasteiger partial charge in [0.2, 0.25) is 0 Å². The van der Waals surface area contributed by atoms with Crippen molar-refractivity contribution in [2.45, 2.75) is 37.0 Å². The molecule has 4 rings (SSSR count). The topological polar surface area (TPSA) is 60.2 Å². The van der Waals surface area contributed by atoms with E-state index in [1.54, 1.807) is 30.5 Å². The quantitative estimate of drug-likeness (QED) is 0.572. The molecule has 4 nitrogen and oxygen atoms in total. The maximum absolute atomic E-state index is 13.3. The summed E-state index contributed by atoms with van der Waals surface area (Å²) in [6.45, 7) is 1.88. The lowest BCUT2D eigenvalue weighted by atomic mass is 9.91.